The van der Waals surface area contributed by atoms with Crippen molar-refractivity contribution in [2.75, 3.05) is 0 Å². The molecule has 4 nitrogen and oxygen atoms in total. The number of nitriles is 1. The fourth-order valence-corrected chi connectivity index (χ4v) is 1.77. The van der Waals surface area contributed by atoms with E-state index >= 15 is 0 Å². The van der Waals surface area contributed by atoms with E-state index in [0.717, 1.165) is 5.69 Å². The number of nitrogens with one attached hydrogen (secondary N) is 1. The maximum atomic E-state index is 11.6. The van der Waals surface area contributed by atoms with Gasteiger partial charge in [0.1, 0.15) is 11.8 Å². The molecule has 1 amide bonds. The van der Waals surface area contributed by atoms with Gasteiger partial charge in [-0.05, 0) is 18.6 Å². The van der Waals surface area contributed by atoms with Gasteiger partial charge in [-0.2, -0.15) is 5.26 Å². The smallest absolute Gasteiger partial charge is 0.228 e. The van der Waals surface area contributed by atoms with E-state index in [9.17, 15) is 4.79 Å². The normalized spacial score (nSPS) is 26.4. The lowest BCUT2D eigenvalue weighted by Crippen LogP contribution is -2.44. The first kappa shape index (κ1) is 11.3. The van der Waals surface area contributed by atoms with Gasteiger partial charge in [0, 0.05) is 5.92 Å². The number of amidine groups is 1. The fourth-order valence-electron chi connectivity index (χ4n) is 1.77. The maximum Gasteiger partial charge on any atom is 0.228 e. The van der Waals surface area contributed by atoms with E-state index in [4.69, 9.17) is 5.26 Å². The Hall–Kier alpha value is -2.15. The van der Waals surface area contributed by atoms with Crippen LogP contribution in [0.25, 0.3) is 0 Å². The van der Waals surface area contributed by atoms with Crippen molar-refractivity contribution in [1.82, 2.24) is 5.32 Å². The summed E-state index contributed by atoms with van der Waals surface area (Å²) in [5.41, 5.74) is 0.748. The summed E-state index contributed by atoms with van der Waals surface area (Å²) in [6.45, 7) is 1.82. The molecule has 1 saturated heterocycles. The molecule has 2 rings (SSSR count). The molecule has 0 saturated carbocycles. The number of hydrogen-bond acceptors (Lipinski definition) is 3. The first-order chi connectivity index (χ1) is 8.20. The number of amides is 1. The lowest BCUT2D eigenvalue weighted by atomic mass is 9.91. The summed E-state index contributed by atoms with van der Waals surface area (Å²) in [6.07, 6.45) is 0.536. The Morgan fingerprint density at radius 2 is 2.12 bits per heavy atom. The number of rotatable bonds is 1. The number of aliphatic imine (C=N–C) groups is 1. The van der Waals surface area contributed by atoms with E-state index in [-0.39, 0.29) is 17.7 Å². The predicted octanol–water partition coefficient (Wildman–Crippen LogP) is 2.01. The Bertz CT molecular complexity index is 487. The minimum Gasteiger partial charge on any atom is -0.313 e. The van der Waals surface area contributed by atoms with E-state index in [0.29, 0.717) is 12.3 Å². The maximum absolute atomic E-state index is 11.6. The minimum absolute atomic E-state index is 0.0637. The highest BCUT2D eigenvalue weighted by molar-refractivity contribution is 6.04. The Kier molecular flexibility index (Phi) is 3.20. The molecule has 86 valence electrons. The molecular formula is C13H13N3O. The lowest BCUT2D eigenvalue weighted by molar-refractivity contribution is -0.124. The molecular weight excluding hydrogens is 214 g/mol. The van der Waals surface area contributed by atoms with Crippen molar-refractivity contribution >= 4 is 17.4 Å². The molecule has 17 heavy (non-hydrogen) atoms. The molecule has 0 aliphatic carbocycles. The molecule has 4 heteroatoms. The molecule has 1 N–H and O–H groups in total. The Balaban J connectivity index is 2.28. The van der Waals surface area contributed by atoms with Gasteiger partial charge in [-0.1, -0.05) is 25.1 Å². The number of carbonyl (C=O) groups is 1. The molecule has 1 aliphatic rings. The van der Waals surface area contributed by atoms with Crippen molar-refractivity contribution < 1.29 is 4.79 Å². The monoisotopic (exact) mass is 227 g/mol. The first-order valence-corrected chi connectivity index (χ1v) is 5.55. The highest BCUT2D eigenvalue weighted by Gasteiger charge is 2.30. The van der Waals surface area contributed by atoms with Crippen molar-refractivity contribution in [3.05, 3.63) is 30.3 Å². The summed E-state index contributed by atoms with van der Waals surface area (Å²) < 4.78 is 0. The topological polar surface area (TPSA) is 65.2 Å². The zero-order valence-corrected chi connectivity index (χ0v) is 9.55. The zero-order valence-electron chi connectivity index (χ0n) is 9.55. The number of piperidine rings is 1. The Morgan fingerprint density at radius 3 is 2.76 bits per heavy atom. The number of nitrogens with zero attached hydrogens (tertiary/aromatic N) is 2. The van der Waals surface area contributed by atoms with Crippen LogP contribution >= 0.6 is 0 Å². The van der Waals surface area contributed by atoms with Crippen molar-refractivity contribution in [1.29, 1.82) is 5.26 Å². The van der Waals surface area contributed by atoms with Crippen LogP contribution in [0.2, 0.25) is 0 Å². The number of carbonyl (C=O) groups excluding carboxylic acids is 1. The van der Waals surface area contributed by atoms with Gasteiger partial charge in [-0.25, -0.2) is 4.99 Å². The van der Waals surface area contributed by atoms with Gasteiger partial charge in [0.2, 0.25) is 5.91 Å². The summed E-state index contributed by atoms with van der Waals surface area (Å²) in [7, 11) is 0. The largest absolute Gasteiger partial charge is 0.313 e. The average Bonchev–Trinajstić information content (AvgIpc) is 2.35. The summed E-state index contributed by atoms with van der Waals surface area (Å²) in [5.74, 6) is -0.0646. The number of para-hydroxylation sites is 1. The van der Waals surface area contributed by atoms with E-state index in [1.165, 1.54) is 0 Å². The molecule has 2 unspecified atom stereocenters. The molecule has 1 fully saturated rings. The van der Waals surface area contributed by atoms with Gasteiger partial charge < -0.3 is 5.32 Å². The molecule has 1 aromatic rings. The fraction of sp³-hybridized carbons (Fsp3) is 0.308. The summed E-state index contributed by atoms with van der Waals surface area (Å²) in [4.78, 5) is 15.9. The highest BCUT2D eigenvalue weighted by Crippen LogP contribution is 2.20. The molecule has 0 bridgehead atoms. The van der Waals surface area contributed by atoms with Crippen LogP contribution in [0.5, 0.6) is 0 Å². The van der Waals surface area contributed by atoms with Gasteiger partial charge >= 0.3 is 0 Å². The second-order valence-electron chi connectivity index (χ2n) is 4.14. The van der Waals surface area contributed by atoms with Gasteiger partial charge in [0.15, 0.2) is 0 Å². The zero-order chi connectivity index (χ0) is 12.3. The van der Waals surface area contributed by atoms with Crippen LogP contribution in [0.3, 0.4) is 0 Å². The number of hydrogen-bond donors (Lipinski definition) is 1. The molecule has 1 aliphatic heterocycles. The van der Waals surface area contributed by atoms with Crippen LogP contribution in [-0.4, -0.2) is 11.7 Å². The molecule has 0 radical (unpaired) electrons. The predicted molar refractivity (Wildman–Crippen MR) is 64.6 cm³/mol. The van der Waals surface area contributed by atoms with E-state index in [1.54, 1.807) is 0 Å². The molecule has 1 aromatic carbocycles. The SMILES string of the molecule is CC1CC(C#N)C(=Nc2ccccc2)NC1=O. The molecule has 0 aromatic heterocycles. The third-order valence-corrected chi connectivity index (χ3v) is 2.78. The summed E-state index contributed by atoms with van der Waals surface area (Å²) in [6, 6.07) is 11.5. The van der Waals surface area contributed by atoms with Crippen molar-refractivity contribution in [2.45, 2.75) is 13.3 Å². The van der Waals surface area contributed by atoms with Gasteiger partial charge in [-0.15, -0.1) is 0 Å². The van der Waals surface area contributed by atoms with Crippen LogP contribution in [0.1, 0.15) is 13.3 Å². The van der Waals surface area contributed by atoms with Crippen LogP contribution in [0.4, 0.5) is 5.69 Å². The van der Waals surface area contributed by atoms with Crippen molar-refractivity contribution in [2.24, 2.45) is 16.8 Å². The average molecular weight is 227 g/mol. The van der Waals surface area contributed by atoms with Gasteiger partial charge in [-0.3, -0.25) is 4.79 Å². The van der Waals surface area contributed by atoms with E-state index in [1.807, 2.05) is 37.3 Å². The second kappa shape index (κ2) is 4.79. The molecule has 0 spiro atoms. The van der Waals surface area contributed by atoms with Crippen LogP contribution < -0.4 is 5.32 Å². The molecule has 1 heterocycles. The van der Waals surface area contributed by atoms with Gasteiger partial charge in [0.05, 0.1) is 11.8 Å². The standard InChI is InChI=1S/C13H13N3O/c1-9-7-10(8-14)12(16-13(9)17)15-11-5-3-2-4-6-11/h2-6,9-10H,7H2,1H3,(H,15,16,17). The minimum atomic E-state index is -0.331. The highest BCUT2D eigenvalue weighted by atomic mass is 16.2. The molecule has 2 atom stereocenters. The summed E-state index contributed by atoms with van der Waals surface area (Å²) >= 11 is 0. The van der Waals surface area contributed by atoms with Crippen LogP contribution in [0, 0.1) is 23.2 Å². The van der Waals surface area contributed by atoms with E-state index < -0.39 is 0 Å². The first-order valence-electron chi connectivity index (χ1n) is 5.55. The van der Waals surface area contributed by atoms with Gasteiger partial charge in [0.25, 0.3) is 0 Å². The van der Waals surface area contributed by atoms with Crippen molar-refractivity contribution in [3.8, 4) is 6.07 Å². The third-order valence-electron chi connectivity index (χ3n) is 2.78. The lowest BCUT2D eigenvalue weighted by Gasteiger charge is -2.24. The Morgan fingerprint density at radius 1 is 1.41 bits per heavy atom. The third kappa shape index (κ3) is 2.51. The van der Waals surface area contributed by atoms with Crippen LogP contribution in [-0.2, 0) is 4.79 Å². The van der Waals surface area contributed by atoms with Crippen molar-refractivity contribution in [3.63, 3.8) is 0 Å². The van der Waals surface area contributed by atoms with Crippen LogP contribution in [0.15, 0.2) is 35.3 Å². The summed E-state index contributed by atoms with van der Waals surface area (Å²) in [5, 5.41) is 11.8. The van der Waals surface area contributed by atoms with E-state index in [2.05, 4.69) is 16.4 Å². The quantitative estimate of drug-likeness (QED) is 0.797. The number of benzene rings is 1. The second-order valence-corrected chi connectivity index (χ2v) is 4.14. The Labute approximate surface area is 100.0 Å².